The van der Waals surface area contributed by atoms with Crippen molar-refractivity contribution in [1.29, 1.82) is 0 Å². The van der Waals surface area contributed by atoms with Crippen LogP contribution in [0.2, 0.25) is 0 Å². The first-order valence-electron chi connectivity index (χ1n) is 4.23. The molecule has 0 nitrogen and oxygen atoms in total. The summed E-state index contributed by atoms with van der Waals surface area (Å²) in [6, 6.07) is 8.60. The first kappa shape index (κ1) is 10.9. The van der Waals surface area contributed by atoms with E-state index in [-0.39, 0.29) is 0 Å². The molecule has 1 aromatic rings. The first-order chi connectivity index (χ1) is 6.36. The van der Waals surface area contributed by atoms with Gasteiger partial charge in [0.2, 0.25) is 0 Å². The van der Waals surface area contributed by atoms with Crippen LogP contribution in [0.25, 0.3) is 6.08 Å². The molecular formula is C11H13BrS. The zero-order chi connectivity index (χ0) is 9.52. The smallest absolute Gasteiger partial charge is 0.00695 e. The third-order valence-corrected chi connectivity index (χ3v) is 2.90. The highest BCUT2D eigenvalue weighted by Crippen LogP contribution is 2.15. The van der Waals surface area contributed by atoms with Gasteiger partial charge in [0.25, 0.3) is 0 Å². The number of rotatable bonds is 4. The molecule has 0 aliphatic carbocycles. The molecule has 1 rings (SSSR count). The van der Waals surface area contributed by atoms with E-state index in [0.29, 0.717) is 0 Å². The molecule has 0 aliphatic rings. The Bertz CT molecular complexity index is 264. The second-order valence-electron chi connectivity index (χ2n) is 2.65. The Balaban J connectivity index is 2.58. The van der Waals surface area contributed by atoms with Crippen molar-refractivity contribution in [3.8, 4) is 0 Å². The normalized spacial score (nSPS) is 10.9. The highest BCUT2D eigenvalue weighted by molar-refractivity contribution is 9.09. The van der Waals surface area contributed by atoms with Crippen molar-refractivity contribution in [3.63, 3.8) is 0 Å². The van der Waals surface area contributed by atoms with Crippen molar-refractivity contribution < 1.29 is 0 Å². The van der Waals surface area contributed by atoms with E-state index in [1.54, 1.807) is 11.8 Å². The average Bonchev–Trinajstić information content (AvgIpc) is 2.19. The minimum atomic E-state index is 1.03. The number of thioether (sulfide) groups is 1. The maximum absolute atomic E-state index is 3.39. The Morgan fingerprint density at radius 3 is 2.54 bits per heavy atom. The van der Waals surface area contributed by atoms with Crippen molar-refractivity contribution in [2.24, 2.45) is 0 Å². The molecule has 2 heteroatoms. The second-order valence-corrected chi connectivity index (χ2v) is 4.33. The van der Waals surface area contributed by atoms with E-state index in [0.717, 1.165) is 11.8 Å². The van der Waals surface area contributed by atoms with Crippen LogP contribution in [0.1, 0.15) is 12.0 Å². The maximum Gasteiger partial charge on any atom is 0.00695 e. The molecule has 0 N–H and O–H groups in total. The predicted octanol–water partition coefficient (Wildman–Crippen LogP) is 4.21. The van der Waals surface area contributed by atoms with Crippen molar-refractivity contribution in [1.82, 2.24) is 0 Å². The molecule has 0 saturated heterocycles. The quantitative estimate of drug-likeness (QED) is 0.575. The van der Waals surface area contributed by atoms with Crippen molar-refractivity contribution in [2.75, 3.05) is 11.6 Å². The van der Waals surface area contributed by atoms with Gasteiger partial charge < -0.3 is 0 Å². The number of halogens is 1. The lowest BCUT2D eigenvalue weighted by Gasteiger charge is -1.96. The molecule has 0 bridgehead atoms. The van der Waals surface area contributed by atoms with Crippen molar-refractivity contribution in [3.05, 3.63) is 35.9 Å². The van der Waals surface area contributed by atoms with Crippen LogP contribution in [0.3, 0.4) is 0 Å². The molecule has 0 atom stereocenters. The van der Waals surface area contributed by atoms with Gasteiger partial charge in [-0.25, -0.2) is 0 Å². The summed E-state index contributed by atoms with van der Waals surface area (Å²) in [6.07, 6.45) is 7.52. The van der Waals surface area contributed by atoms with Crippen molar-refractivity contribution >= 4 is 33.8 Å². The molecule has 0 aliphatic heterocycles. The SMILES string of the molecule is CSc1ccc(C=CCCBr)cc1. The molecule has 0 spiro atoms. The molecule has 0 radical (unpaired) electrons. The fraction of sp³-hybridized carbons (Fsp3) is 0.273. The Morgan fingerprint density at radius 1 is 1.31 bits per heavy atom. The fourth-order valence-corrected chi connectivity index (χ4v) is 1.67. The van der Waals surface area contributed by atoms with Gasteiger partial charge in [-0.2, -0.15) is 0 Å². The van der Waals surface area contributed by atoms with Crippen LogP contribution < -0.4 is 0 Å². The number of alkyl halides is 1. The summed E-state index contributed by atoms with van der Waals surface area (Å²) < 4.78 is 0. The molecule has 0 heterocycles. The third-order valence-electron chi connectivity index (χ3n) is 1.70. The Hall–Kier alpha value is -0.210. The van der Waals surface area contributed by atoms with E-state index in [2.05, 4.69) is 58.6 Å². The largest absolute Gasteiger partial charge is 0.130 e. The molecule has 0 aromatic heterocycles. The number of hydrogen-bond donors (Lipinski definition) is 0. The topological polar surface area (TPSA) is 0 Å². The van der Waals surface area contributed by atoms with Crippen LogP contribution in [0.5, 0.6) is 0 Å². The molecular weight excluding hydrogens is 244 g/mol. The molecule has 1 aromatic carbocycles. The Morgan fingerprint density at radius 2 is 2.00 bits per heavy atom. The lowest BCUT2D eigenvalue weighted by molar-refractivity contribution is 1.27. The lowest BCUT2D eigenvalue weighted by atomic mass is 10.2. The van der Waals surface area contributed by atoms with Crippen LogP contribution in [-0.4, -0.2) is 11.6 Å². The van der Waals surface area contributed by atoms with Crippen LogP contribution in [0.4, 0.5) is 0 Å². The van der Waals surface area contributed by atoms with E-state index in [9.17, 15) is 0 Å². The minimum absolute atomic E-state index is 1.03. The zero-order valence-electron chi connectivity index (χ0n) is 7.66. The Kier molecular flexibility index (Phi) is 5.25. The molecule has 70 valence electrons. The highest BCUT2D eigenvalue weighted by atomic mass is 79.9. The Labute approximate surface area is 92.6 Å². The maximum atomic E-state index is 3.39. The van der Waals surface area contributed by atoms with E-state index >= 15 is 0 Å². The van der Waals surface area contributed by atoms with Crippen LogP contribution in [0, 0.1) is 0 Å². The van der Waals surface area contributed by atoms with Crippen molar-refractivity contribution in [2.45, 2.75) is 11.3 Å². The summed E-state index contributed by atoms with van der Waals surface area (Å²) in [5, 5.41) is 1.03. The monoisotopic (exact) mass is 256 g/mol. The first-order valence-corrected chi connectivity index (χ1v) is 6.58. The van der Waals surface area contributed by atoms with Gasteiger partial charge in [0, 0.05) is 10.2 Å². The average molecular weight is 257 g/mol. The van der Waals surface area contributed by atoms with Gasteiger partial charge in [0.05, 0.1) is 0 Å². The summed E-state index contributed by atoms with van der Waals surface area (Å²) in [4.78, 5) is 1.32. The van der Waals surface area contributed by atoms with Crippen LogP contribution in [0.15, 0.2) is 35.2 Å². The molecule has 13 heavy (non-hydrogen) atoms. The van der Waals surface area contributed by atoms with Gasteiger partial charge in [-0.15, -0.1) is 11.8 Å². The fourth-order valence-electron chi connectivity index (χ4n) is 0.997. The number of hydrogen-bond acceptors (Lipinski definition) is 1. The highest BCUT2D eigenvalue weighted by Gasteiger charge is 1.88. The van der Waals surface area contributed by atoms with E-state index < -0.39 is 0 Å². The van der Waals surface area contributed by atoms with Gasteiger partial charge in [0.1, 0.15) is 0 Å². The van der Waals surface area contributed by atoms with Gasteiger partial charge in [-0.1, -0.05) is 40.2 Å². The molecule has 0 unspecified atom stereocenters. The van der Waals surface area contributed by atoms with Crippen LogP contribution in [-0.2, 0) is 0 Å². The lowest BCUT2D eigenvalue weighted by Crippen LogP contribution is -1.73. The summed E-state index contributed by atoms with van der Waals surface area (Å²) in [6.45, 7) is 0. The van der Waals surface area contributed by atoms with Gasteiger partial charge >= 0.3 is 0 Å². The summed E-state index contributed by atoms with van der Waals surface area (Å²) >= 11 is 5.17. The summed E-state index contributed by atoms with van der Waals surface area (Å²) in [5.74, 6) is 0. The zero-order valence-corrected chi connectivity index (χ0v) is 10.1. The third kappa shape index (κ3) is 4.01. The molecule has 0 fully saturated rings. The van der Waals surface area contributed by atoms with E-state index in [1.165, 1.54) is 10.5 Å². The van der Waals surface area contributed by atoms with E-state index in [4.69, 9.17) is 0 Å². The van der Waals surface area contributed by atoms with Gasteiger partial charge in [0.15, 0.2) is 0 Å². The van der Waals surface area contributed by atoms with Gasteiger partial charge in [-0.05, 0) is 30.4 Å². The van der Waals surface area contributed by atoms with E-state index in [1.807, 2.05) is 0 Å². The standard InChI is InChI=1S/C11H13BrS/c1-13-11-7-5-10(6-8-11)4-2-3-9-12/h2,4-8H,3,9H2,1H3. The molecule has 0 saturated carbocycles. The second kappa shape index (κ2) is 6.28. The predicted molar refractivity (Wildman–Crippen MR) is 65.7 cm³/mol. The summed E-state index contributed by atoms with van der Waals surface area (Å²) in [5.41, 5.74) is 1.28. The summed E-state index contributed by atoms with van der Waals surface area (Å²) in [7, 11) is 0. The minimum Gasteiger partial charge on any atom is -0.130 e. The number of allylic oxidation sites excluding steroid dienone is 1. The molecule has 0 amide bonds. The number of benzene rings is 1. The van der Waals surface area contributed by atoms with Gasteiger partial charge in [-0.3, -0.25) is 0 Å². The van der Waals surface area contributed by atoms with Crippen LogP contribution >= 0.6 is 27.7 Å².